The van der Waals surface area contributed by atoms with Crippen LogP contribution in [0.2, 0.25) is 0 Å². The highest BCUT2D eigenvalue weighted by Crippen LogP contribution is 2.20. The Morgan fingerprint density at radius 3 is 2.85 bits per heavy atom. The molecule has 8 heteroatoms. The van der Waals surface area contributed by atoms with Gasteiger partial charge in [0.25, 0.3) is 0 Å². The summed E-state index contributed by atoms with van der Waals surface area (Å²) in [5.74, 6) is 0.367. The Bertz CT molecular complexity index is 410. The van der Waals surface area contributed by atoms with E-state index in [4.69, 9.17) is 4.74 Å². The second-order valence-corrected chi connectivity index (χ2v) is 6.10. The number of nitrogens with zero attached hydrogens (tertiary/aromatic N) is 4. The van der Waals surface area contributed by atoms with Crippen LogP contribution in [0.3, 0.4) is 0 Å². The van der Waals surface area contributed by atoms with E-state index in [1.54, 1.807) is 18.5 Å². The molecule has 0 spiro atoms. The Balaban J connectivity index is 2.43. The molecule has 0 fully saturated rings. The first-order chi connectivity index (χ1) is 9.54. The van der Waals surface area contributed by atoms with Gasteiger partial charge in [-0.15, -0.1) is 5.10 Å². The number of aromatic nitrogens is 4. The van der Waals surface area contributed by atoms with Crippen molar-refractivity contribution < 1.29 is 9.53 Å². The molecule has 0 saturated carbocycles. The summed E-state index contributed by atoms with van der Waals surface area (Å²) in [4.78, 5) is 11.6. The summed E-state index contributed by atoms with van der Waals surface area (Å²) in [7, 11) is 0. The monoisotopic (exact) mass is 301 g/mol. The number of hydrogen-bond acceptors (Lipinski definition) is 7. The van der Waals surface area contributed by atoms with Crippen molar-refractivity contribution >= 4 is 17.7 Å². The molecule has 1 rings (SSSR count). The normalized spacial score (nSPS) is 12.7. The summed E-state index contributed by atoms with van der Waals surface area (Å²) >= 11 is 1.31. The summed E-state index contributed by atoms with van der Waals surface area (Å²) in [5, 5.41) is 15.2. The molecule has 0 amide bonds. The van der Waals surface area contributed by atoms with Crippen molar-refractivity contribution in [3.8, 4) is 0 Å². The Labute approximate surface area is 123 Å². The zero-order valence-electron chi connectivity index (χ0n) is 12.5. The van der Waals surface area contributed by atoms with Gasteiger partial charge in [-0.1, -0.05) is 25.6 Å². The van der Waals surface area contributed by atoms with Crippen LogP contribution in [0.4, 0.5) is 0 Å². The van der Waals surface area contributed by atoms with Crippen LogP contribution in [0.1, 0.15) is 27.7 Å². The average molecular weight is 301 g/mol. The van der Waals surface area contributed by atoms with E-state index in [0.29, 0.717) is 24.2 Å². The molecule has 114 valence electrons. The third-order valence-corrected chi connectivity index (χ3v) is 3.50. The van der Waals surface area contributed by atoms with Crippen molar-refractivity contribution in [1.29, 1.82) is 0 Å². The molecule has 20 heavy (non-hydrogen) atoms. The average Bonchev–Trinajstić information content (AvgIpc) is 2.82. The van der Waals surface area contributed by atoms with Crippen molar-refractivity contribution in [3.63, 3.8) is 0 Å². The van der Waals surface area contributed by atoms with Crippen LogP contribution in [-0.2, 0) is 16.1 Å². The summed E-state index contributed by atoms with van der Waals surface area (Å²) in [6, 6.07) is 0. The Hall–Kier alpha value is -1.15. The molecule has 1 aromatic rings. The van der Waals surface area contributed by atoms with E-state index in [9.17, 15) is 4.79 Å². The topological polar surface area (TPSA) is 81.9 Å². The number of tetrazole rings is 1. The summed E-state index contributed by atoms with van der Waals surface area (Å²) in [6.45, 7) is 10.7. The second-order valence-electron chi connectivity index (χ2n) is 4.79. The van der Waals surface area contributed by atoms with Crippen LogP contribution in [-0.4, -0.2) is 51.1 Å². The lowest BCUT2D eigenvalue weighted by Crippen LogP contribution is -2.25. The lowest BCUT2D eigenvalue weighted by Gasteiger charge is -2.10. The number of carbonyl (C=O) groups excluding carboxylic acids is 1. The van der Waals surface area contributed by atoms with Gasteiger partial charge in [-0.25, -0.2) is 4.68 Å². The number of ether oxygens (including phenoxy) is 1. The first-order valence-electron chi connectivity index (χ1n) is 6.84. The maximum Gasteiger partial charge on any atom is 0.319 e. The van der Waals surface area contributed by atoms with E-state index in [2.05, 4.69) is 34.7 Å². The standard InChI is InChI=1S/C12H23N5O2S/c1-5-19-11(18)10(4)20-12-14-15-16-17(12)7-6-13-8-9(2)3/h9-10,13H,5-8H2,1-4H3. The number of hydrogen-bond donors (Lipinski definition) is 1. The zero-order valence-corrected chi connectivity index (χ0v) is 13.3. The van der Waals surface area contributed by atoms with E-state index >= 15 is 0 Å². The molecule has 0 saturated heterocycles. The van der Waals surface area contributed by atoms with Crippen LogP contribution in [0, 0.1) is 5.92 Å². The molecule has 0 aliphatic rings. The van der Waals surface area contributed by atoms with E-state index in [1.807, 2.05) is 0 Å². The summed E-state index contributed by atoms with van der Waals surface area (Å²) in [6.07, 6.45) is 0. The first-order valence-corrected chi connectivity index (χ1v) is 7.72. The van der Waals surface area contributed by atoms with Crippen molar-refractivity contribution in [1.82, 2.24) is 25.5 Å². The van der Waals surface area contributed by atoms with Gasteiger partial charge in [0.2, 0.25) is 5.16 Å². The number of nitrogens with one attached hydrogen (secondary N) is 1. The molecule has 0 radical (unpaired) electrons. The van der Waals surface area contributed by atoms with Crippen LogP contribution in [0.5, 0.6) is 0 Å². The Morgan fingerprint density at radius 2 is 2.20 bits per heavy atom. The largest absolute Gasteiger partial charge is 0.465 e. The highest BCUT2D eigenvalue weighted by molar-refractivity contribution is 8.00. The molecule has 0 bridgehead atoms. The number of thioether (sulfide) groups is 1. The summed E-state index contributed by atoms with van der Waals surface area (Å²) < 4.78 is 6.67. The second kappa shape index (κ2) is 8.91. The lowest BCUT2D eigenvalue weighted by atomic mass is 10.2. The SMILES string of the molecule is CCOC(=O)C(C)Sc1nnnn1CCNCC(C)C. The molecule has 1 aromatic heterocycles. The first kappa shape index (κ1) is 16.9. The van der Waals surface area contributed by atoms with E-state index in [1.165, 1.54) is 11.8 Å². The fourth-order valence-corrected chi connectivity index (χ4v) is 2.28. The van der Waals surface area contributed by atoms with Crippen LogP contribution < -0.4 is 5.32 Å². The molecular weight excluding hydrogens is 278 g/mol. The number of rotatable bonds is 9. The van der Waals surface area contributed by atoms with Gasteiger partial charge in [-0.3, -0.25) is 4.79 Å². The quantitative estimate of drug-likeness (QED) is 0.413. The lowest BCUT2D eigenvalue weighted by molar-refractivity contribution is -0.142. The summed E-state index contributed by atoms with van der Waals surface area (Å²) in [5.41, 5.74) is 0. The highest BCUT2D eigenvalue weighted by atomic mass is 32.2. The van der Waals surface area contributed by atoms with Gasteiger partial charge in [0.1, 0.15) is 5.25 Å². The van der Waals surface area contributed by atoms with Gasteiger partial charge in [0.15, 0.2) is 0 Å². The molecule has 1 atom stereocenters. The van der Waals surface area contributed by atoms with Gasteiger partial charge in [-0.05, 0) is 36.7 Å². The predicted octanol–water partition coefficient (Wildman–Crippen LogP) is 0.962. The Morgan fingerprint density at radius 1 is 1.45 bits per heavy atom. The third kappa shape index (κ3) is 5.87. The molecule has 0 aromatic carbocycles. The molecular formula is C12H23N5O2S. The smallest absolute Gasteiger partial charge is 0.319 e. The third-order valence-electron chi connectivity index (χ3n) is 2.45. The molecule has 0 aliphatic heterocycles. The van der Waals surface area contributed by atoms with E-state index in [0.717, 1.165) is 13.1 Å². The maximum atomic E-state index is 11.6. The van der Waals surface area contributed by atoms with E-state index < -0.39 is 0 Å². The highest BCUT2D eigenvalue weighted by Gasteiger charge is 2.19. The minimum atomic E-state index is -0.316. The van der Waals surface area contributed by atoms with Crippen molar-refractivity contribution in [2.45, 2.75) is 44.6 Å². The Kier molecular flexibility index (Phi) is 7.53. The number of carbonyl (C=O) groups is 1. The molecule has 7 nitrogen and oxygen atoms in total. The number of esters is 1. The fourth-order valence-electron chi connectivity index (χ4n) is 1.46. The van der Waals surface area contributed by atoms with Gasteiger partial charge in [0, 0.05) is 6.54 Å². The molecule has 1 N–H and O–H groups in total. The van der Waals surface area contributed by atoms with Crippen molar-refractivity contribution in [2.75, 3.05) is 19.7 Å². The molecule has 0 aliphatic carbocycles. The van der Waals surface area contributed by atoms with E-state index in [-0.39, 0.29) is 11.2 Å². The van der Waals surface area contributed by atoms with Gasteiger partial charge >= 0.3 is 5.97 Å². The minimum Gasteiger partial charge on any atom is -0.465 e. The van der Waals surface area contributed by atoms with Crippen molar-refractivity contribution in [3.05, 3.63) is 0 Å². The van der Waals surface area contributed by atoms with Crippen LogP contribution in [0.15, 0.2) is 5.16 Å². The van der Waals surface area contributed by atoms with Gasteiger partial charge in [-0.2, -0.15) is 0 Å². The van der Waals surface area contributed by atoms with Crippen molar-refractivity contribution in [2.24, 2.45) is 5.92 Å². The fraction of sp³-hybridized carbons (Fsp3) is 0.833. The molecule has 1 unspecified atom stereocenters. The maximum absolute atomic E-state index is 11.6. The zero-order chi connectivity index (χ0) is 15.0. The minimum absolute atomic E-state index is 0.245. The predicted molar refractivity (Wildman–Crippen MR) is 77.5 cm³/mol. The molecule has 1 heterocycles. The van der Waals surface area contributed by atoms with Gasteiger partial charge < -0.3 is 10.1 Å². The van der Waals surface area contributed by atoms with Crippen LogP contribution >= 0.6 is 11.8 Å². The van der Waals surface area contributed by atoms with Gasteiger partial charge in [0.05, 0.1) is 13.2 Å². The van der Waals surface area contributed by atoms with Crippen LogP contribution in [0.25, 0.3) is 0 Å².